The highest BCUT2D eigenvalue weighted by molar-refractivity contribution is 9.10. The van der Waals surface area contributed by atoms with Gasteiger partial charge in [0, 0.05) is 16.6 Å². The van der Waals surface area contributed by atoms with Gasteiger partial charge in [0.05, 0.1) is 4.92 Å². The van der Waals surface area contributed by atoms with Crippen LogP contribution in [0.1, 0.15) is 22.3 Å². The first kappa shape index (κ1) is 18.3. The van der Waals surface area contributed by atoms with Crippen LogP contribution in [0.4, 0.5) is 5.69 Å². The van der Waals surface area contributed by atoms with E-state index in [9.17, 15) is 10.1 Å². The van der Waals surface area contributed by atoms with Crippen molar-refractivity contribution in [3.63, 3.8) is 0 Å². The van der Waals surface area contributed by atoms with Gasteiger partial charge in [-0.1, -0.05) is 46.3 Å². The Hall–Kier alpha value is -2.46. The molecule has 0 spiro atoms. The third-order valence-corrected chi connectivity index (χ3v) is 5.50. The average Bonchev–Trinajstić information content (AvgIpc) is 2.58. The summed E-state index contributed by atoms with van der Waals surface area (Å²) >= 11 is 3.68. The second kappa shape index (κ2) is 7.04. The summed E-state index contributed by atoms with van der Waals surface area (Å²) in [5, 5.41) is 11.1. The van der Waals surface area contributed by atoms with Crippen LogP contribution in [0.15, 0.2) is 53.0 Å². The van der Waals surface area contributed by atoms with Gasteiger partial charge in [-0.3, -0.25) is 10.1 Å². The number of non-ortho nitro benzene ring substituents is 1. The van der Waals surface area contributed by atoms with Crippen LogP contribution in [-0.4, -0.2) is 4.92 Å². The van der Waals surface area contributed by atoms with Crippen molar-refractivity contribution in [1.82, 2.24) is 0 Å². The summed E-state index contributed by atoms with van der Waals surface area (Å²) in [5.41, 5.74) is 8.99. The van der Waals surface area contributed by atoms with E-state index >= 15 is 0 Å². The number of benzene rings is 3. The van der Waals surface area contributed by atoms with E-state index in [1.807, 2.05) is 13.0 Å². The quantitative estimate of drug-likeness (QED) is 0.347. The highest BCUT2D eigenvalue weighted by Crippen LogP contribution is 2.36. The Morgan fingerprint density at radius 2 is 1.42 bits per heavy atom. The number of rotatable bonds is 3. The Kier molecular flexibility index (Phi) is 4.97. The molecule has 0 heterocycles. The molecule has 0 N–H and O–H groups in total. The van der Waals surface area contributed by atoms with Crippen LogP contribution < -0.4 is 0 Å². The van der Waals surface area contributed by atoms with Crippen LogP contribution in [0.5, 0.6) is 0 Å². The van der Waals surface area contributed by atoms with Crippen LogP contribution in [0.3, 0.4) is 0 Å². The molecule has 0 radical (unpaired) electrons. The number of nitro benzene ring substituents is 1. The van der Waals surface area contributed by atoms with Crippen LogP contribution in [0.2, 0.25) is 0 Å². The highest BCUT2D eigenvalue weighted by Gasteiger charge is 2.13. The van der Waals surface area contributed by atoms with Crippen molar-refractivity contribution >= 4 is 21.6 Å². The predicted octanol–water partition coefficient (Wildman–Crippen LogP) is 6.92. The topological polar surface area (TPSA) is 43.1 Å². The van der Waals surface area contributed by atoms with E-state index in [2.05, 4.69) is 61.0 Å². The zero-order valence-corrected chi connectivity index (χ0v) is 16.8. The molecule has 3 aromatic carbocycles. The highest BCUT2D eigenvalue weighted by atomic mass is 79.9. The fourth-order valence-corrected chi connectivity index (χ4v) is 3.83. The molecule has 0 saturated carbocycles. The lowest BCUT2D eigenvalue weighted by Gasteiger charge is -2.14. The van der Waals surface area contributed by atoms with E-state index in [0.717, 1.165) is 37.9 Å². The van der Waals surface area contributed by atoms with E-state index in [1.54, 1.807) is 18.2 Å². The van der Waals surface area contributed by atoms with Gasteiger partial charge in [-0.05, 0) is 78.3 Å². The normalized spacial score (nSPS) is 10.8. The smallest absolute Gasteiger partial charge is 0.258 e. The Bertz CT molecular complexity index is 1020. The summed E-state index contributed by atoms with van der Waals surface area (Å²) in [6.07, 6.45) is 0. The molecule has 0 aromatic heterocycles. The van der Waals surface area contributed by atoms with Crippen molar-refractivity contribution in [1.29, 1.82) is 0 Å². The molecule has 0 unspecified atom stereocenters. The Morgan fingerprint density at radius 1 is 0.731 bits per heavy atom. The molecule has 0 amide bonds. The first-order valence-corrected chi connectivity index (χ1v) is 9.20. The van der Waals surface area contributed by atoms with E-state index in [1.165, 1.54) is 11.1 Å². The van der Waals surface area contributed by atoms with Gasteiger partial charge in [0.15, 0.2) is 0 Å². The Balaban J connectivity index is 2.11. The molecule has 0 fully saturated rings. The van der Waals surface area contributed by atoms with E-state index in [0.29, 0.717) is 0 Å². The molecule has 3 aromatic rings. The van der Waals surface area contributed by atoms with Gasteiger partial charge >= 0.3 is 0 Å². The van der Waals surface area contributed by atoms with Crippen molar-refractivity contribution in [2.24, 2.45) is 0 Å². The monoisotopic (exact) mass is 409 g/mol. The van der Waals surface area contributed by atoms with Gasteiger partial charge < -0.3 is 0 Å². The fourth-order valence-electron chi connectivity index (χ4n) is 3.16. The molecular formula is C22H20BrNO2. The summed E-state index contributed by atoms with van der Waals surface area (Å²) < 4.78 is 1.07. The number of nitrogens with zero attached hydrogens (tertiary/aromatic N) is 1. The lowest BCUT2D eigenvalue weighted by molar-refractivity contribution is -0.384. The summed E-state index contributed by atoms with van der Waals surface area (Å²) in [7, 11) is 0. The van der Waals surface area contributed by atoms with Gasteiger partial charge in [0.25, 0.3) is 5.69 Å². The number of nitro groups is 1. The molecule has 4 heteroatoms. The minimum Gasteiger partial charge on any atom is -0.258 e. The van der Waals surface area contributed by atoms with Crippen LogP contribution in [0.25, 0.3) is 22.3 Å². The van der Waals surface area contributed by atoms with E-state index < -0.39 is 0 Å². The molecule has 0 aliphatic carbocycles. The third-order valence-electron chi connectivity index (χ3n) is 4.84. The second-order valence-electron chi connectivity index (χ2n) is 6.70. The molecule has 0 aliphatic rings. The average molecular weight is 410 g/mol. The fraction of sp³-hybridized carbons (Fsp3) is 0.182. The minimum atomic E-state index is -0.351. The molecule has 26 heavy (non-hydrogen) atoms. The van der Waals surface area contributed by atoms with Crippen LogP contribution in [-0.2, 0) is 0 Å². The second-order valence-corrected chi connectivity index (χ2v) is 7.56. The molecule has 0 saturated heterocycles. The Labute approximate surface area is 162 Å². The van der Waals surface area contributed by atoms with Crippen molar-refractivity contribution in [2.45, 2.75) is 27.7 Å². The number of hydrogen-bond donors (Lipinski definition) is 0. The number of halogens is 1. The van der Waals surface area contributed by atoms with Crippen LogP contribution >= 0.6 is 15.9 Å². The maximum atomic E-state index is 11.1. The SMILES string of the molecule is Cc1cc(Br)c(-c2ccc(-c3cc([N+](=O)[O-])ccc3C)cc2C)cc1C. The first-order chi connectivity index (χ1) is 12.3. The zero-order chi connectivity index (χ0) is 19.0. The van der Waals surface area contributed by atoms with Gasteiger partial charge in [0.1, 0.15) is 0 Å². The van der Waals surface area contributed by atoms with Gasteiger partial charge in [0.2, 0.25) is 0 Å². The minimum absolute atomic E-state index is 0.115. The summed E-state index contributed by atoms with van der Waals surface area (Å²) in [6, 6.07) is 15.6. The van der Waals surface area contributed by atoms with Crippen LogP contribution in [0, 0.1) is 37.8 Å². The summed E-state index contributed by atoms with van der Waals surface area (Å²) in [5.74, 6) is 0. The molecule has 3 nitrogen and oxygen atoms in total. The van der Waals surface area contributed by atoms with E-state index in [-0.39, 0.29) is 10.6 Å². The Morgan fingerprint density at radius 3 is 2.08 bits per heavy atom. The van der Waals surface area contributed by atoms with Crippen molar-refractivity contribution in [3.05, 3.63) is 85.4 Å². The maximum absolute atomic E-state index is 11.1. The lowest BCUT2D eigenvalue weighted by Crippen LogP contribution is -1.93. The number of aryl methyl sites for hydroxylation is 4. The molecule has 0 bridgehead atoms. The molecular weight excluding hydrogens is 390 g/mol. The van der Waals surface area contributed by atoms with Gasteiger partial charge in [-0.2, -0.15) is 0 Å². The summed E-state index contributed by atoms with van der Waals surface area (Å²) in [6.45, 7) is 8.27. The van der Waals surface area contributed by atoms with Crippen molar-refractivity contribution < 1.29 is 4.92 Å². The molecule has 3 rings (SSSR count). The third kappa shape index (κ3) is 3.42. The number of hydrogen-bond acceptors (Lipinski definition) is 2. The molecule has 132 valence electrons. The molecule has 0 aliphatic heterocycles. The summed E-state index contributed by atoms with van der Waals surface area (Å²) in [4.78, 5) is 10.7. The molecule has 0 atom stereocenters. The largest absolute Gasteiger partial charge is 0.270 e. The zero-order valence-electron chi connectivity index (χ0n) is 15.3. The standard InChI is InChI=1S/C22H20BrNO2/c1-13-5-7-18(24(25)26)12-20(13)17-6-8-19(16(4)9-17)21-10-14(2)15(3)11-22(21)23/h5-12H,1-4H3. The predicted molar refractivity (Wildman–Crippen MR) is 111 cm³/mol. The van der Waals surface area contributed by atoms with Crippen molar-refractivity contribution in [3.8, 4) is 22.3 Å². The van der Waals surface area contributed by atoms with Gasteiger partial charge in [-0.25, -0.2) is 0 Å². The maximum Gasteiger partial charge on any atom is 0.270 e. The lowest BCUT2D eigenvalue weighted by atomic mass is 9.92. The van der Waals surface area contributed by atoms with Crippen molar-refractivity contribution in [2.75, 3.05) is 0 Å². The first-order valence-electron chi connectivity index (χ1n) is 8.41. The van der Waals surface area contributed by atoms with E-state index in [4.69, 9.17) is 0 Å². The van der Waals surface area contributed by atoms with Gasteiger partial charge in [-0.15, -0.1) is 0 Å².